The van der Waals surface area contributed by atoms with Crippen molar-refractivity contribution < 1.29 is 4.74 Å². The van der Waals surface area contributed by atoms with Crippen LogP contribution in [0.15, 0.2) is 0 Å². The van der Waals surface area contributed by atoms with Gasteiger partial charge in [0.2, 0.25) is 0 Å². The minimum Gasteiger partial charge on any atom is -0.374 e. The van der Waals surface area contributed by atoms with E-state index in [2.05, 4.69) is 46.9 Å². The number of hydrogen-bond donors (Lipinski definition) is 1. The highest BCUT2D eigenvalue weighted by Crippen LogP contribution is 2.14. The van der Waals surface area contributed by atoms with Crippen LogP contribution in [-0.4, -0.2) is 24.8 Å². The second-order valence-corrected chi connectivity index (χ2v) is 5.75. The van der Waals surface area contributed by atoms with Crippen LogP contribution in [0.4, 0.5) is 0 Å². The molecule has 98 valence electrons. The summed E-state index contributed by atoms with van der Waals surface area (Å²) >= 11 is 0. The zero-order valence-corrected chi connectivity index (χ0v) is 12.1. The predicted octanol–water partition coefficient (Wildman–Crippen LogP) is 3.61. The first-order valence-electron chi connectivity index (χ1n) is 6.78. The summed E-state index contributed by atoms with van der Waals surface area (Å²) in [5.74, 6) is 0.693. The molecular formula is C14H31NO. The third-order valence-electron chi connectivity index (χ3n) is 2.78. The van der Waals surface area contributed by atoms with E-state index in [0.717, 1.165) is 13.2 Å². The second kappa shape index (κ2) is 8.08. The van der Waals surface area contributed by atoms with Gasteiger partial charge in [-0.05, 0) is 46.1 Å². The molecule has 0 radical (unpaired) electrons. The number of nitrogens with one attached hydrogen (secondary N) is 1. The largest absolute Gasteiger partial charge is 0.374 e. The highest BCUT2D eigenvalue weighted by Gasteiger charge is 2.19. The molecule has 16 heavy (non-hydrogen) atoms. The molecule has 0 fully saturated rings. The molecule has 2 unspecified atom stereocenters. The van der Waals surface area contributed by atoms with Crippen LogP contribution in [0.25, 0.3) is 0 Å². The van der Waals surface area contributed by atoms with E-state index in [9.17, 15) is 0 Å². The quantitative estimate of drug-likeness (QED) is 0.686. The maximum Gasteiger partial charge on any atom is 0.0629 e. The van der Waals surface area contributed by atoms with Gasteiger partial charge in [-0.25, -0.2) is 0 Å². The van der Waals surface area contributed by atoms with Gasteiger partial charge in [-0.3, -0.25) is 0 Å². The van der Waals surface area contributed by atoms with Gasteiger partial charge in [0, 0.05) is 6.04 Å². The minimum atomic E-state index is -0.0297. The Morgan fingerprint density at radius 1 is 1.12 bits per heavy atom. The first-order valence-corrected chi connectivity index (χ1v) is 6.78. The van der Waals surface area contributed by atoms with Crippen LogP contribution >= 0.6 is 0 Å². The van der Waals surface area contributed by atoms with Gasteiger partial charge in [0.05, 0.1) is 12.2 Å². The van der Waals surface area contributed by atoms with Crippen molar-refractivity contribution in [2.24, 2.45) is 5.92 Å². The zero-order chi connectivity index (χ0) is 12.6. The summed E-state index contributed by atoms with van der Waals surface area (Å²) in [6, 6.07) is 0.499. The van der Waals surface area contributed by atoms with Crippen molar-refractivity contribution in [3.63, 3.8) is 0 Å². The van der Waals surface area contributed by atoms with E-state index in [1.807, 2.05) is 0 Å². The summed E-state index contributed by atoms with van der Waals surface area (Å²) in [5.41, 5.74) is -0.0297. The van der Waals surface area contributed by atoms with Crippen molar-refractivity contribution >= 4 is 0 Å². The van der Waals surface area contributed by atoms with Gasteiger partial charge in [0.25, 0.3) is 0 Å². The lowest BCUT2D eigenvalue weighted by Gasteiger charge is -2.29. The predicted molar refractivity (Wildman–Crippen MR) is 71.9 cm³/mol. The highest BCUT2D eigenvalue weighted by molar-refractivity contribution is 4.74. The topological polar surface area (TPSA) is 21.3 Å². The van der Waals surface area contributed by atoms with Crippen LogP contribution in [0.3, 0.4) is 0 Å². The van der Waals surface area contributed by atoms with Crippen LogP contribution in [0, 0.1) is 5.92 Å². The Kier molecular flexibility index (Phi) is 8.04. The lowest BCUT2D eigenvalue weighted by Crippen LogP contribution is -2.41. The Morgan fingerprint density at radius 2 is 1.75 bits per heavy atom. The van der Waals surface area contributed by atoms with Gasteiger partial charge in [-0.2, -0.15) is 0 Å². The van der Waals surface area contributed by atoms with Crippen molar-refractivity contribution in [1.29, 1.82) is 0 Å². The molecule has 0 aromatic rings. The summed E-state index contributed by atoms with van der Waals surface area (Å²) in [6.07, 6.45) is 3.71. The molecule has 0 aliphatic heterocycles. The molecule has 0 aromatic heterocycles. The molecule has 0 amide bonds. The molecule has 0 aliphatic carbocycles. The standard InChI is InChI=1S/C14H31NO/c1-7-9-12(3)13(15-10-8-2)11-16-14(4,5)6/h12-13,15H,7-11H2,1-6H3. The van der Waals surface area contributed by atoms with Gasteiger partial charge in [-0.1, -0.05) is 27.2 Å². The maximum atomic E-state index is 5.89. The third-order valence-corrected chi connectivity index (χ3v) is 2.78. The third kappa shape index (κ3) is 8.12. The number of ether oxygens (including phenoxy) is 1. The molecular weight excluding hydrogens is 198 g/mol. The lowest BCUT2D eigenvalue weighted by molar-refractivity contribution is -0.0216. The van der Waals surface area contributed by atoms with Crippen LogP contribution in [0.5, 0.6) is 0 Å². The van der Waals surface area contributed by atoms with Gasteiger partial charge < -0.3 is 10.1 Å². The van der Waals surface area contributed by atoms with Crippen molar-refractivity contribution in [3.8, 4) is 0 Å². The molecule has 0 saturated heterocycles. The smallest absolute Gasteiger partial charge is 0.0629 e. The molecule has 2 atom stereocenters. The highest BCUT2D eigenvalue weighted by atomic mass is 16.5. The monoisotopic (exact) mass is 229 g/mol. The molecule has 1 N–H and O–H groups in total. The Balaban J connectivity index is 4.08. The van der Waals surface area contributed by atoms with E-state index >= 15 is 0 Å². The van der Waals surface area contributed by atoms with E-state index in [0.29, 0.717) is 12.0 Å². The van der Waals surface area contributed by atoms with Crippen LogP contribution in [0.1, 0.15) is 60.8 Å². The van der Waals surface area contributed by atoms with Gasteiger partial charge in [0.15, 0.2) is 0 Å². The first-order chi connectivity index (χ1) is 7.40. The van der Waals surface area contributed by atoms with Crippen LogP contribution in [-0.2, 0) is 4.74 Å². The molecule has 0 aromatic carbocycles. The van der Waals surface area contributed by atoms with Gasteiger partial charge in [-0.15, -0.1) is 0 Å². The fourth-order valence-corrected chi connectivity index (χ4v) is 1.75. The van der Waals surface area contributed by atoms with Crippen molar-refractivity contribution in [2.45, 2.75) is 72.4 Å². The Hall–Kier alpha value is -0.0800. The number of rotatable bonds is 8. The van der Waals surface area contributed by atoms with E-state index in [1.165, 1.54) is 19.3 Å². The zero-order valence-electron chi connectivity index (χ0n) is 12.1. The lowest BCUT2D eigenvalue weighted by atomic mass is 9.97. The van der Waals surface area contributed by atoms with E-state index < -0.39 is 0 Å². The van der Waals surface area contributed by atoms with Crippen molar-refractivity contribution in [1.82, 2.24) is 5.32 Å². The normalized spacial score (nSPS) is 16.1. The number of hydrogen-bond acceptors (Lipinski definition) is 2. The maximum absolute atomic E-state index is 5.89. The molecule has 2 nitrogen and oxygen atoms in total. The molecule has 0 aliphatic rings. The van der Waals surface area contributed by atoms with E-state index in [1.54, 1.807) is 0 Å². The second-order valence-electron chi connectivity index (χ2n) is 5.75. The summed E-state index contributed by atoms with van der Waals surface area (Å²) in [6.45, 7) is 15.0. The average molecular weight is 229 g/mol. The Morgan fingerprint density at radius 3 is 2.19 bits per heavy atom. The average Bonchev–Trinajstić information content (AvgIpc) is 2.16. The van der Waals surface area contributed by atoms with Crippen LogP contribution < -0.4 is 5.32 Å². The molecule has 0 spiro atoms. The van der Waals surface area contributed by atoms with Crippen molar-refractivity contribution in [2.75, 3.05) is 13.2 Å². The molecule has 0 heterocycles. The summed E-state index contributed by atoms with van der Waals surface area (Å²) in [4.78, 5) is 0. The summed E-state index contributed by atoms with van der Waals surface area (Å²) in [5, 5.41) is 3.60. The van der Waals surface area contributed by atoms with Crippen molar-refractivity contribution in [3.05, 3.63) is 0 Å². The molecule has 0 bridgehead atoms. The minimum absolute atomic E-state index is 0.0297. The fourth-order valence-electron chi connectivity index (χ4n) is 1.75. The fraction of sp³-hybridized carbons (Fsp3) is 1.00. The Labute approximate surface area is 102 Å². The van der Waals surface area contributed by atoms with Crippen LogP contribution in [0.2, 0.25) is 0 Å². The summed E-state index contributed by atoms with van der Waals surface area (Å²) < 4.78 is 5.89. The van der Waals surface area contributed by atoms with E-state index in [-0.39, 0.29) is 5.60 Å². The molecule has 2 heteroatoms. The summed E-state index contributed by atoms with van der Waals surface area (Å²) in [7, 11) is 0. The molecule has 0 saturated carbocycles. The van der Waals surface area contributed by atoms with E-state index in [4.69, 9.17) is 4.74 Å². The first kappa shape index (κ1) is 15.9. The van der Waals surface area contributed by atoms with Gasteiger partial charge >= 0.3 is 0 Å². The van der Waals surface area contributed by atoms with Gasteiger partial charge in [0.1, 0.15) is 0 Å². The Bertz CT molecular complexity index is 163. The molecule has 0 rings (SSSR count). The SMILES string of the molecule is CCCNC(COC(C)(C)C)C(C)CCC.